The van der Waals surface area contributed by atoms with E-state index in [0.717, 1.165) is 32.1 Å². The van der Waals surface area contributed by atoms with Crippen molar-refractivity contribution in [3.63, 3.8) is 0 Å². The smallest absolute Gasteiger partial charge is 0.229 e. The number of Topliss-reactive ketones (excluding diaryl/α,β-unsaturated/α-hetero) is 1. The molecule has 0 aromatic carbocycles. The third-order valence-corrected chi connectivity index (χ3v) is 4.13. The van der Waals surface area contributed by atoms with Gasteiger partial charge < -0.3 is 0 Å². The van der Waals surface area contributed by atoms with Gasteiger partial charge in [-0.1, -0.05) is 19.3 Å². The van der Waals surface area contributed by atoms with Crippen molar-refractivity contribution >= 4 is 23.7 Å². The van der Waals surface area contributed by atoms with Crippen molar-refractivity contribution in [3.8, 4) is 0 Å². The Kier molecular flexibility index (Phi) is 4.12. The van der Waals surface area contributed by atoms with Gasteiger partial charge in [0.15, 0.2) is 10.7 Å². The number of rotatable bonds is 4. The number of pyridine rings is 1. The minimum absolute atomic E-state index is 0.113. The van der Waals surface area contributed by atoms with E-state index in [0.29, 0.717) is 5.56 Å². The maximum atomic E-state index is 12.4. The van der Waals surface area contributed by atoms with E-state index < -0.39 is 4.87 Å². The Labute approximate surface area is 112 Å². The van der Waals surface area contributed by atoms with E-state index in [1.165, 1.54) is 6.20 Å². The fourth-order valence-corrected chi connectivity index (χ4v) is 2.85. The molecule has 0 aliphatic heterocycles. The largest absolute Gasteiger partial charge is 0.292 e. The van der Waals surface area contributed by atoms with Crippen LogP contribution in [0, 0.1) is 5.92 Å². The van der Waals surface area contributed by atoms with Crippen LogP contribution in [0.4, 0.5) is 0 Å². The highest BCUT2D eigenvalue weighted by molar-refractivity contribution is 6.46. The highest BCUT2D eigenvalue weighted by Gasteiger charge is 2.45. The van der Waals surface area contributed by atoms with Crippen molar-refractivity contribution in [3.05, 3.63) is 30.1 Å². The molecule has 1 saturated carbocycles. The van der Waals surface area contributed by atoms with Gasteiger partial charge in [-0.3, -0.25) is 14.6 Å². The molecule has 4 heteroatoms. The SMILES string of the molecule is O=[C]C(Cl)(C(=O)c1cccnc1)C1CCCCC1. The molecule has 0 saturated heterocycles. The summed E-state index contributed by atoms with van der Waals surface area (Å²) in [4.78, 5) is 26.0. The molecule has 1 atom stereocenters. The summed E-state index contributed by atoms with van der Waals surface area (Å²) in [6.45, 7) is 0. The number of hydrogen-bond donors (Lipinski definition) is 0. The molecule has 0 bridgehead atoms. The molecule has 1 aliphatic carbocycles. The lowest BCUT2D eigenvalue weighted by atomic mass is 9.77. The number of aromatic nitrogens is 1. The van der Waals surface area contributed by atoms with Crippen molar-refractivity contribution in [2.45, 2.75) is 37.0 Å². The summed E-state index contributed by atoms with van der Waals surface area (Å²) in [6, 6.07) is 3.29. The first-order valence-corrected chi connectivity index (χ1v) is 6.59. The molecular formula is C14H15ClNO2. The zero-order valence-corrected chi connectivity index (χ0v) is 10.8. The molecule has 1 aromatic heterocycles. The minimum atomic E-state index is -1.54. The first kappa shape index (κ1) is 13.2. The third kappa shape index (κ3) is 2.46. The average Bonchev–Trinajstić information content (AvgIpc) is 2.47. The summed E-state index contributed by atoms with van der Waals surface area (Å²) >= 11 is 6.29. The predicted molar refractivity (Wildman–Crippen MR) is 69.4 cm³/mol. The number of carbonyl (C=O) groups is 1. The number of alkyl halides is 1. The topological polar surface area (TPSA) is 47.0 Å². The Balaban J connectivity index is 2.26. The van der Waals surface area contributed by atoms with Crippen molar-refractivity contribution < 1.29 is 9.59 Å². The van der Waals surface area contributed by atoms with Gasteiger partial charge in [-0.25, -0.2) is 0 Å². The zero-order valence-electron chi connectivity index (χ0n) is 10.1. The molecule has 18 heavy (non-hydrogen) atoms. The van der Waals surface area contributed by atoms with Crippen LogP contribution in [0.2, 0.25) is 0 Å². The molecule has 1 unspecified atom stereocenters. The van der Waals surface area contributed by atoms with Crippen LogP contribution in [0.15, 0.2) is 24.5 Å². The van der Waals surface area contributed by atoms with E-state index >= 15 is 0 Å². The zero-order chi connectivity index (χ0) is 13.0. The van der Waals surface area contributed by atoms with Crippen LogP contribution in [0.25, 0.3) is 0 Å². The van der Waals surface area contributed by atoms with Gasteiger partial charge in [0.1, 0.15) is 0 Å². The quantitative estimate of drug-likeness (QED) is 0.477. The molecule has 1 heterocycles. The number of ketones is 1. The summed E-state index contributed by atoms with van der Waals surface area (Å²) in [6.07, 6.45) is 9.60. The second kappa shape index (κ2) is 5.61. The Morgan fingerprint density at radius 2 is 2.11 bits per heavy atom. The van der Waals surface area contributed by atoms with Gasteiger partial charge in [0.25, 0.3) is 0 Å². The van der Waals surface area contributed by atoms with Crippen molar-refractivity contribution in [1.29, 1.82) is 0 Å². The van der Waals surface area contributed by atoms with Crippen molar-refractivity contribution in [1.82, 2.24) is 4.98 Å². The van der Waals surface area contributed by atoms with Crippen LogP contribution in [0.1, 0.15) is 42.5 Å². The molecule has 3 nitrogen and oxygen atoms in total. The van der Waals surface area contributed by atoms with Crippen LogP contribution in [-0.2, 0) is 4.79 Å². The Bertz CT molecular complexity index is 429. The summed E-state index contributed by atoms with van der Waals surface area (Å²) in [5, 5.41) is 0. The summed E-state index contributed by atoms with van der Waals surface area (Å²) < 4.78 is 0. The normalized spacial score (nSPS) is 20.1. The van der Waals surface area contributed by atoms with Crippen molar-refractivity contribution in [2.75, 3.05) is 0 Å². The molecular weight excluding hydrogens is 250 g/mol. The van der Waals surface area contributed by atoms with Gasteiger partial charge in [0.05, 0.1) is 0 Å². The van der Waals surface area contributed by atoms with Crippen LogP contribution in [0.5, 0.6) is 0 Å². The first-order valence-electron chi connectivity index (χ1n) is 6.21. The minimum Gasteiger partial charge on any atom is -0.292 e. The van der Waals surface area contributed by atoms with Crippen LogP contribution >= 0.6 is 11.6 Å². The lowest BCUT2D eigenvalue weighted by Crippen LogP contribution is -2.43. The molecule has 95 valence electrons. The monoisotopic (exact) mass is 264 g/mol. The fourth-order valence-electron chi connectivity index (χ4n) is 2.52. The Morgan fingerprint density at radius 1 is 1.39 bits per heavy atom. The molecule has 1 aliphatic rings. The first-order chi connectivity index (χ1) is 8.68. The van der Waals surface area contributed by atoms with Gasteiger partial charge in [0.2, 0.25) is 6.29 Å². The van der Waals surface area contributed by atoms with Gasteiger partial charge in [-0.05, 0) is 30.9 Å². The van der Waals surface area contributed by atoms with E-state index in [4.69, 9.17) is 11.6 Å². The van der Waals surface area contributed by atoms with Gasteiger partial charge >= 0.3 is 0 Å². The van der Waals surface area contributed by atoms with E-state index in [1.54, 1.807) is 24.6 Å². The lowest BCUT2D eigenvalue weighted by molar-refractivity contribution is 0.0923. The second-order valence-electron chi connectivity index (χ2n) is 4.72. The highest BCUT2D eigenvalue weighted by atomic mass is 35.5. The number of halogens is 1. The second-order valence-corrected chi connectivity index (χ2v) is 5.32. The van der Waals surface area contributed by atoms with E-state index in [-0.39, 0.29) is 11.7 Å². The fraction of sp³-hybridized carbons (Fsp3) is 0.500. The molecule has 0 spiro atoms. The number of carbonyl (C=O) groups excluding carboxylic acids is 2. The molecule has 1 radical (unpaired) electrons. The van der Waals surface area contributed by atoms with Gasteiger partial charge in [-0.15, -0.1) is 11.6 Å². The number of nitrogens with zero attached hydrogens (tertiary/aromatic N) is 1. The molecule has 2 rings (SSSR count). The molecule has 1 fully saturated rings. The van der Waals surface area contributed by atoms with Gasteiger partial charge in [-0.2, -0.15) is 0 Å². The van der Waals surface area contributed by atoms with E-state index in [1.807, 2.05) is 0 Å². The third-order valence-electron chi connectivity index (χ3n) is 3.57. The van der Waals surface area contributed by atoms with Gasteiger partial charge in [0, 0.05) is 18.0 Å². The summed E-state index contributed by atoms with van der Waals surface area (Å²) in [5.41, 5.74) is 0.376. The molecule has 0 N–H and O–H groups in total. The maximum absolute atomic E-state index is 12.4. The van der Waals surface area contributed by atoms with E-state index in [9.17, 15) is 9.59 Å². The van der Waals surface area contributed by atoms with E-state index in [2.05, 4.69) is 4.98 Å². The molecule has 0 amide bonds. The van der Waals surface area contributed by atoms with Crippen molar-refractivity contribution in [2.24, 2.45) is 5.92 Å². The van der Waals surface area contributed by atoms with Crippen LogP contribution in [0.3, 0.4) is 0 Å². The average molecular weight is 265 g/mol. The summed E-state index contributed by atoms with van der Waals surface area (Å²) in [7, 11) is 0. The van der Waals surface area contributed by atoms with Crippen LogP contribution in [-0.4, -0.2) is 21.9 Å². The molecule has 1 aromatic rings. The summed E-state index contributed by atoms with van der Waals surface area (Å²) in [5.74, 6) is -0.489. The number of hydrogen-bond acceptors (Lipinski definition) is 3. The lowest BCUT2D eigenvalue weighted by Gasteiger charge is -2.31. The predicted octanol–water partition coefficient (Wildman–Crippen LogP) is 2.93. The van der Waals surface area contributed by atoms with Crippen LogP contribution < -0.4 is 0 Å². The maximum Gasteiger partial charge on any atom is 0.229 e. The standard InChI is InChI=1S/C14H15ClNO2/c15-14(10-17,12-6-2-1-3-7-12)13(18)11-5-4-8-16-9-11/h4-5,8-9,12H,1-3,6-7H2. The Morgan fingerprint density at radius 3 is 2.67 bits per heavy atom. The Hall–Kier alpha value is -1.22. The highest BCUT2D eigenvalue weighted by Crippen LogP contribution is 2.38.